The van der Waals surface area contributed by atoms with Gasteiger partial charge in [0.25, 0.3) is 0 Å². The number of allylic oxidation sites excluding steroid dienone is 1. The van der Waals surface area contributed by atoms with E-state index in [1.54, 1.807) is 0 Å². The van der Waals surface area contributed by atoms with E-state index in [1.165, 1.54) is 59.2 Å². The van der Waals surface area contributed by atoms with Crippen LogP contribution in [0.4, 0.5) is 0 Å². The van der Waals surface area contributed by atoms with Crippen LogP contribution in [-0.2, 0) is 0 Å². The number of aromatic nitrogens is 1. The molecule has 1 saturated heterocycles. The Balaban J connectivity index is 1.89. The summed E-state index contributed by atoms with van der Waals surface area (Å²) in [4.78, 5) is 4.95. The molecular weight excluding hydrogens is 316 g/mol. The minimum absolute atomic E-state index is 0.416. The van der Waals surface area contributed by atoms with E-state index in [9.17, 15) is 0 Å². The summed E-state index contributed by atoms with van der Waals surface area (Å²) in [6, 6.07) is 11.4. The molecule has 2 nitrogen and oxygen atoms in total. The molecule has 2 heterocycles. The molecule has 0 amide bonds. The third kappa shape index (κ3) is 3.35. The normalized spacial score (nSPS) is 20.1. The van der Waals surface area contributed by atoms with Crippen LogP contribution in [0.15, 0.2) is 36.5 Å². The van der Waals surface area contributed by atoms with Crippen molar-refractivity contribution < 1.29 is 0 Å². The van der Waals surface area contributed by atoms with E-state index in [4.69, 9.17) is 4.98 Å². The fourth-order valence-electron chi connectivity index (χ4n) is 4.68. The zero-order valence-corrected chi connectivity index (χ0v) is 16.1. The van der Waals surface area contributed by atoms with Crippen molar-refractivity contribution in [3.05, 3.63) is 64.5 Å². The van der Waals surface area contributed by atoms with Gasteiger partial charge in [-0.3, -0.25) is 4.98 Å². The van der Waals surface area contributed by atoms with Crippen molar-refractivity contribution in [2.45, 2.75) is 51.9 Å². The van der Waals surface area contributed by atoms with Crippen molar-refractivity contribution in [1.82, 2.24) is 10.3 Å². The number of aryl methyl sites for hydroxylation is 1. The summed E-state index contributed by atoms with van der Waals surface area (Å²) < 4.78 is 0. The highest BCUT2D eigenvalue weighted by Gasteiger charge is 2.32. The number of pyridine rings is 1. The van der Waals surface area contributed by atoms with E-state index >= 15 is 0 Å². The zero-order chi connectivity index (χ0) is 17.9. The molecule has 1 N–H and O–H groups in total. The Kier molecular flexibility index (Phi) is 5.21. The predicted octanol–water partition coefficient (Wildman–Crippen LogP) is 5.57. The highest BCUT2D eigenvalue weighted by molar-refractivity contribution is 5.85. The molecule has 1 aliphatic heterocycles. The quantitative estimate of drug-likeness (QED) is 0.783. The number of benzene rings is 1. The lowest BCUT2D eigenvalue weighted by Crippen LogP contribution is -2.32. The summed E-state index contributed by atoms with van der Waals surface area (Å²) in [5, 5.41) is 3.53. The maximum Gasteiger partial charge on any atom is 0.0556 e. The minimum Gasteiger partial charge on any atom is -0.317 e. The molecule has 0 radical (unpaired) electrons. The summed E-state index contributed by atoms with van der Waals surface area (Å²) in [5.74, 6) is 1.09. The molecule has 1 atom stereocenters. The van der Waals surface area contributed by atoms with Gasteiger partial charge in [-0.1, -0.05) is 49.2 Å². The van der Waals surface area contributed by atoms with E-state index in [0.717, 1.165) is 19.5 Å². The second-order valence-electron chi connectivity index (χ2n) is 7.91. The molecule has 4 rings (SSSR count). The van der Waals surface area contributed by atoms with Gasteiger partial charge in [0, 0.05) is 12.1 Å². The highest BCUT2D eigenvalue weighted by Crippen LogP contribution is 2.44. The Morgan fingerprint density at radius 3 is 2.81 bits per heavy atom. The standard InChI is InChI=1S/C24H30N2/c1-3-4-6-19-16-20-15-17(2)8-9-21(20)23(18-10-13-25-14-11-18)24-22(19)7-5-12-26-24/h5,7-9,12,15-16,18,23,25H,3-4,6,10-11,13-14H2,1-2H3. The molecule has 1 fully saturated rings. The van der Waals surface area contributed by atoms with Gasteiger partial charge in [-0.25, -0.2) is 0 Å². The highest BCUT2D eigenvalue weighted by atomic mass is 14.9. The third-order valence-corrected chi connectivity index (χ3v) is 6.04. The number of hydrogen-bond acceptors (Lipinski definition) is 2. The molecule has 0 bridgehead atoms. The van der Waals surface area contributed by atoms with Crippen LogP contribution in [0.3, 0.4) is 0 Å². The van der Waals surface area contributed by atoms with Crippen molar-refractivity contribution in [1.29, 1.82) is 0 Å². The molecule has 1 unspecified atom stereocenters. The van der Waals surface area contributed by atoms with Gasteiger partial charge in [0.2, 0.25) is 0 Å². The van der Waals surface area contributed by atoms with Gasteiger partial charge < -0.3 is 5.32 Å². The first-order chi connectivity index (χ1) is 12.8. The lowest BCUT2D eigenvalue weighted by molar-refractivity contribution is 0.339. The van der Waals surface area contributed by atoms with Crippen LogP contribution in [0.1, 0.15) is 72.9 Å². The number of hydrogen-bond donors (Lipinski definition) is 1. The molecular formula is C24H30N2. The minimum atomic E-state index is 0.416. The van der Waals surface area contributed by atoms with Crippen molar-refractivity contribution in [2.75, 3.05) is 13.1 Å². The summed E-state index contributed by atoms with van der Waals surface area (Å²) >= 11 is 0. The molecule has 1 aromatic heterocycles. The van der Waals surface area contributed by atoms with Gasteiger partial charge in [0.05, 0.1) is 5.69 Å². The van der Waals surface area contributed by atoms with Crippen LogP contribution in [0, 0.1) is 12.8 Å². The first-order valence-electron chi connectivity index (χ1n) is 10.2. The van der Waals surface area contributed by atoms with E-state index in [-0.39, 0.29) is 0 Å². The maximum atomic E-state index is 4.95. The molecule has 0 saturated carbocycles. The summed E-state index contributed by atoms with van der Waals surface area (Å²) in [6.45, 7) is 6.73. The van der Waals surface area contributed by atoms with Crippen LogP contribution in [0.25, 0.3) is 11.6 Å². The number of piperidine rings is 1. The van der Waals surface area contributed by atoms with Crippen molar-refractivity contribution in [3.63, 3.8) is 0 Å². The van der Waals surface area contributed by atoms with Crippen LogP contribution in [0.5, 0.6) is 0 Å². The Bertz CT molecular complexity index is 800. The van der Waals surface area contributed by atoms with E-state index in [1.807, 2.05) is 6.20 Å². The smallest absolute Gasteiger partial charge is 0.0556 e. The van der Waals surface area contributed by atoms with Gasteiger partial charge in [-0.2, -0.15) is 0 Å². The SMILES string of the molecule is CCCCC1=Cc2cc(C)ccc2C(C2CCNCC2)c2ncccc21. The number of nitrogens with one attached hydrogen (secondary N) is 1. The molecule has 2 aliphatic rings. The summed E-state index contributed by atoms with van der Waals surface area (Å²) in [5.41, 5.74) is 8.41. The maximum absolute atomic E-state index is 4.95. The third-order valence-electron chi connectivity index (χ3n) is 6.04. The number of nitrogens with zero attached hydrogens (tertiary/aromatic N) is 1. The fraction of sp³-hybridized carbons (Fsp3) is 0.458. The molecule has 1 aliphatic carbocycles. The van der Waals surface area contributed by atoms with Crippen LogP contribution >= 0.6 is 0 Å². The van der Waals surface area contributed by atoms with E-state index < -0.39 is 0 Å². The molecule has 2 heteroatoms. The first kappa shape index (κ1) is 17.5. The summed E-state index contributed by atoms with van der Waals surface area (Å²) in [6.07, 6.45) is 10.5. The van der Waals surface area contributed by atoms with Crippen LogP contribution in [-0.4, -0.2) is 18.1 Å². The molecule has 0 spiro atoms. The molecule has 26 heavy (non-hydrogen) atoms. The molecule has 2 aromatic rings. The van der Waals surface area contributed by atoms with Gasteiger partial charge in [-0.05, 0) is 79.9 Å². The van der Waals surface area contributed by atoms with Crippen LogP contribution < -0.4 is 5.32 Å². The summed E-state index contributed by atoms with van der Waals surface area (Å²) in [7, 11) is 0. The number of fused-ring (bicyclic) bond motifs is 2. The van der Waals surface area contributed by atoms with Gasteiger partial charge in [-0.15, -0.1) is 0 Å². The monoisotopic (exact) mass is 346 g/mol. The van der Waals surface area contributed by atoms with E-state index in [0.29, 0.717) is 11.8 Å². The lowest BCUT2D eigenvalue weighted by atomic mass is 9.76. The Morgan fingerprint density at radius 1 is 1.15 bits per heavy atom. The Hall–Kier alpha value is -1.93. The average molecular weight is 347 g/mol. The predicted molar refractivity (Wildman–Crippen MR) is 110 cm³/mol. The fourth-order valence-corrected chi connectivity index (χ4v) is 4.68. The number of unbranched alkanes of at least 4 members (excludes halogenated alkanes) is 1. The van der Waals surface area contributed by atoms with Gasteiger partial charge >= 0.3 is 0 Å². The topological polar surface area (TPSA) is 24.9 Å². The van der Waals surface area contributed by atoms with Crippen molar-refractivity contribution >= 4 is 11.6 Å². The van der Waals surface area contributed by atoms with Gasteiger partial charge in [0.15, 0.2) is 0 Å². The lowest BCUT2D eigenvalue weighted by Gasteiger charge is -2.32. The van der Waals surface area contributed by atoms with E-state index in [2.05, 4.69) is 55.6 Å². The Morgan fingerprint density at radius 2 is 2.00 bits per heavy atom. The first-order valence-corrected chi connectivity index (χ1v) is 10.2. The van der Waals surface area contributed by atoms with Gasteiger partial charge in [0.1, 0.15) is 0 Å². The number of rotatable bonds is 4. The second-order valence-corrected chi connectivity index (χ2v) is 7.91. The molecule has 136 valence electrons. The Labute approximate surface area is 157 Å². The van der Waals surface area contributed by atoms with Crippen LogP contribution in [0.2, 0.25) is 0 Å². The van der Waals surface area contributed by atoms with Crippen molar-refractivity contribution in [2.24, 2.45) is 5.92 Å². The zero-order valence-electron chi connectivity index (χ0n) is 16.1. The molecule has 1 aromatic carbocycles. The average Bonchev–Trinajstić information content (AvgIpc) is 2.81. The second kappa shape index (κ2) is 7.75. The largest absolute Gasteiger partial charge is 0.317 e. The van der Waals surface area contributed by atoms with Crippen molar-refractivity contribution in [3.8, 4) is 0 Å².